The molecule has 74 valence electrons. The number of fused-ring (bicyclic) bond motifs is 2. The predicted octanol–water partition coefficient (Wildman–Crippen LogP) is 3.48. The smallest absolute Gasteiger partial charge is 0.0547 e. The number of benzene rings is 2. The van der Waals surface area contributed by atoms with Gasteiger partial charge in [0.1, 0.15) is 0 Å². The van der Waals surface area contributed by atoms with Gasteiger partial charge in [0.2, 0.25) is 0 Å². The van der Waals surface area contributed by atoms with Gasteiger partial charge in [-0.05, 0) is 30.3 Å². The van der Waals surface area contributed by atoms with Crippen molar-refractivity contribution >= 4 is 28.8 Å². The second-order valence-electron chi connectivity index (χ2n) is 3.48. The van der Waals surface area contributed by atoms with E-state index < -0.39 is 0 Å². The standard InChI is InChI=1S/C12H10N2S/c13-8-5-6-12-10(7-8)14-9-3-1-2-4-11(9)15-12/h1-7,14H,13H2. The molecule has 3 rings (SSSR count). The van der Waals surface area contributed by atoms with E-state index in [9.17, 15) is 0 Å². The first kappa shape index (κ1) is 8.68. The molecular weight excluding hydrogens is 204 g/mol. The van der Waals surface area contributed by atoms with Gasteiger partial charge in [0.25, 0.3) is 0 Å². The molecule has 15 heavy (non-hydrogen) atoms. The fourth-order valence-electron chi connectivity index (χ4n) is 1.66. The number of nitrogen functional groups attached to an aromatic ring is 1. The first-order chi connectivity index (χ1) is 7.33. The maximum Gasteiger partial charge on any atom is 0.0547 e. The van der Waals surface area contributed by atoms with E-state index in [1.54, 1.807) is 11.8 Å². The predicted molar refractivity (Wildman–Crippen MR) is 64.7 cm³/mol. The van der Waals surface area contributed by atoms with Gasteiger partial charge in [0.15, 0.2) is 0 Å². The highest BCUT2D eigenvalue weighted by Crippen LogP contribution is 2.44. The molecule has 0 saturated carbocycles. The molecule has 0 bridgehead atoms. The molecule has 0 saturated heterocycles. The molecule has 0 spiro atoms. The van der Waals surface area contributed by atoms with Crippen LogP contribution in [0.2, 0.25) is 0 Å². The Bertz CT molecular complexity index is 523. The van der Waals surface area contributed by atoms with Crippen LogP contribution < -0.4 is 11.1 Å². The molecule has 0 atom stereocenters. The van der Waals surface area contributed by atoms with Crippen molar-refractivity contribution in [3.63, 3.8) is 0 Å². The number of nitrogens with two attached hydrogens (primary N) is 1. The van der Waals surface area contributed by atoms with Crippen molar-refractivity contribution in [2.45, 2.75) is 9.79 Å². The van der Waals surface area contributed by atoms with Crippen molar-refractivity contribution in [2.75, 3.05) is 11.1 Å². The molecule has 0 unspecified atom stereocenters. The minimum atomic E-state index is 0.793. The minimum absolute atomic E-state index is 0.793. The van der Waals surface area contributed by atoms with Crippen LogP contribution >= 0.6 is 11.8 Å². The van der Waals surface area contributed by atoms with E-state index in [0.29, 0.717) is 0 Å². The zero-order valence-electron chi connectivity index (χ0n) is 8.03. The molecule has 0 radical (unpaired) electrons. The SMILES string of the molecule is Nc1ccc2c(c1)Nc1ccccc1S2. The van der Waals surface area contributed by atoms with Crippen LogP contribution in [0.15, 0.2) is 52.3 Å². The molecule has 0 aromatic heterocycles. The van der Waals surface area contributed by atoms with E-state index in [1.165, 1.54) is 9.79 Å². The van der Waals surface area contributed by atoms with Crippen LogP contribution in [0, 0.1) is 0 Å². The topological polar surface area (TPSA) is 38.0 Å². The fourth-order valence-corrected chi connectivity index (χ4v) is 2.63. The van der Waals surface area contributed by atoms with Crippen LogP contribution in [0.1, 0.15) is 0 Å². The van der Waals surface area contributed by atoms with E-state index in [-0.39, 0.29) is 0 Å². The lowest BCUT2D eigenvalue weighted by molar-refractivity contribution is 1.32. The average Bonchev–Trinajstić information content (AvgIpc) is 2.26. The van der Waals surface area contributed by atoms with Crippen LogP contribution in [0.3, 0.4) is 0 Å². The van der Waals surface area contributed by atoms with E-state index in [2.05, 4.69) is 29.6 Å². The van der Waals surface area contributed by atoms with E-state index in [1.807, 2.05) is 18.2 Å². The zero-order chi connectivity index (χ0) is 10.3. The Morgan fingerprint density at radius 1 is 0.933 bits per heavy atom. The summed E-state index contributed by atoms with van der Waals surface area (Å²) < 4.78 is 0. The number of rotatable bonds is 0. The second-order valence-corrected chi connectivity index (χ2v) is 4.56. The van der Waals surface area contributed by atoms with Crippen LogP contribution in [0.25, 0.3) is 0 Å². The third kappa shape index (κ3) is 1.45. The number of anilines is 3. The van der Waals surface area contributed by atoms with Gasteiger partial charge >= 0.3 is 0 Å². The molecule has 1 heterocycles. The molecular formula is C12H10N2S. The maximum atomic E-state index is 5.75. The summed E-state index contributed by atoms with van der Waals surface area (Å²) in [7, 11) is 0. The Balaban J connectivity index is 2.11. The number of para-hydroxylation sites is 1. The molecule has 2 nitrogen and oxygen atoms in total. The molecule has 0 amide bonds. The quantitative estimate of drug-likeness (QED) is 0.563. The van der Waals surface area contributed by atoms with Crippen LogP contribution in [-0.2, 0) is 0 Å². The Kier molecular flexibility index (Phi) is 1.86. The van der Waals surface area contributed by atoms with Gasteiger partial charge < -0.3 is 11.1 Å². The first-order valence-corrected chi connectivity index (χ1v) is 5.58. The monoisotopic (exact) mass is 214 g/mol. The van der Waals surface area contributed by atoms with Crippen molar-refractivity contribution < 1.29 is 0 Å². The molecule has 0 fully saturated rings. The normalized spacial score (nSPS) is 12.5. The van der Waals surface area contributed by atoms with Crippen molar-refractivity contribution in [2.24, 2.45) is 0 Å². The molecule has 1 aliphatic heterocycles. The summed E-state index contributed by atoms with van der Waals surface area (Å²) in [5.41, 5.74) is 8.79. The Morgan fingerprint density at radius 3 is 2.67 bits per heavy atom. The summed E-state index contributed by atoms with van der Waals surface area (Å²) >= 11 is 1.77. The average molecular weight is 214 g/mol. The van der Waals surface area contributed by atoms with Gasteiger partial charge in [-0.25, -0.2) is 0 Å². The van der Waals surface area contributed by atoms with E-state index in [4.69, 9.17) is 5.73 Å². The van der Waals surface area contributed by atoms with Crippen LogP contribution in [0.5, 0.6) is 0 Å². The summed E-state index contributed by atoms with van der Waals surface area (Å²) in [5, 5.41) is 3.38. The third-order valence-electron chi connectivity index (χ3n) is 2.38. The molecule has 3 heteroatoms. The highest BCUT2D eigenvalue weighted by atomic mass is 32.2. The van der Waals surface area contributed by atoms with Gasteiger partial charge in [0.05, 0.1) is 11.4 Å². The van der Waals surface area contributed by atoms with Crippen molar-refractivity contribution in [1.82, 2.24) is 0 Å². The van der Waals surface area contributed by atoms with Gasteiger partial charge in [-0.3, -0.25) is 0 Å². The van der Waals surface area contributed by atoms with Gasteiger partial charge in [-0.2, -0.15) is 0 Å². The lowest BCUT2D eigenvalue weighted by Gasteiger charge is -2.20. The molecule has 3 N–H and O–H groups in total. The van der Waals surface area contributed by atoms with Crippen LogP contribution in [0.4, 0.5) is 17.1 Å². The van der Waals surface area contributed by atoms with Crippen molar-refractivity contribution in [1.29, 1.82) is 0 Å². The molecule has 0 aliphatic carbocycles. The summed E-state index contributed by atoms with van der Waals surface area (Å²) in [6.45, 7) is 0. The van der Waals surface area contributed by atoms with Gasteiger partial charge in [-0.1, -0.05) is 23.9 Å². The summed E-state index contributed by atoms with van der Waals surface area (Å²) in [5.74, 6) is 0. The highest BCUT2D eigenvalue weighted by molar-refractivity contribution is 7.99. The number of hydrogen-bond donors (Lipinski definition) is 2. The van der Waals surface area contributed by atoms with Crippen LogP contribution in [-0.4, -0.2) is 0 Å². The lowest BCUT2D eigenvalue weighted by Crippen LogP contribution is -2.00. The lowest BCUT2D eigenvalue weighted by atomic mass is 10.2. The minimum Gasteiger partial charge on any atom is -0.399 e. The Morgan fingerprint density at radius 2 is 1.73 bits per heavy atom. The summed E-state index contributed by atoms with van der Waals surface area (Å²) in [4.78, 5) is 2.48. The molecule has 2 aromatic rings. The maximum absolute atomic E-state index is 5.75. The molecule has 1 aliphatic rings. The highest BCUT2D eigenvalue weighted by Gasteiger charge is 2.14. The molecule has 2 aromatic carbocycles. The fraction of sp³-hybridized carbons (Fsp3) is 0. The van der Waals surface area contributed by atoms with E-state index in [0.717, 1.165) is 17.1 Å². The largest absolute Gasteiger partial charge is 0.399 e. The summed E-state index contributed by atoms with van der Waals surface area (Å²) in [6.07, 6.45) is 0. The van der Waals surface area contributed by atoms with E-state index >= 15 is 0 Å². The van der Waals surface area contributed by atoms with Crippen molar-refractivity contribution in [3.05, 3.63) is 42.5 Å². The Labute approximate surface area is 92.5 Å². The number of nitrogens with one attached hydrogen (secondary N) is 1. The Hall–Kier alpha value is -1.61. The zero-order valence-corrected chi connectivity index (χ0v) is 8.84. The van der Waals surface area contributed by atoms with Crippen molar-refractivity contribution in [3.8, 4) is 0 Å². The van der Waals surface area contributed by atoms with Gasteiger partial charge in [0, 0.05) is 15.5 Å². The second kappa shape index (κ2) is 3.21. The third-order valence-corrected chi connectivity index (χ3v) is 3.53. The first-order valence-electron chi connectivity index (χ1n) is 4.76. The summed E-state index contributed by atoms with van der Waals surface area (Å²) in [6, 6.07) is 14.2. The number of hydrogen-bond acceptors (Lipinski definition) is 3. The van der Waals surface area contributed by atoms with Gasteiger partial charge in [-0.15, -0.1) is 0 Å².